The number of nitrogens with zero attached hydrogens (tertiary/aromatic N) is 1. The summed E-state index contributed by atoms with van der Waals surface area (Å²) in [6.45, 7) is 7.62. The van der Waals surface area contributed by atoms with Crippen molar-refractivity contribution in [2.45, 2.75) is 4.90 Å². The van der Waals surface area contributed by atoms with E-state index in [-0.39, 0.29) is 0 Å². The number of fused-ring (bicyclic) bond motifs is 1. The van der Waals surface area contributed by atoms with Crippen molar-refractivity contribution in [1.29, 1.82) is 0 Å². The zero-order valence-corrected chi connectivity index (χ0v) is 8.38. The highest BCUT2D eigenvalue weighted by Crippen LogP contribution is 2.45. The van der Waals surface area contributed by atoms with Crippen LogP contribution in [-0.2, 0) is 0 Å². The van der Waals surface area contributed by atoms with Crippen LogP contribution in [0.1, 0.15) is 10.4 Å². The van der Waals surface area contributed by atoms with Crippen molar-refractivity contribution in [2.24, 2.45) is 0 Å². The molecule has 0 amide bonds. The first-order valence-corrected chi connectivity index (χ1v) is 4.95. The largest absolute Gasteiger partial charge is 0.311 e. The van der Waals surface area contributed by atoms with Crippen LogP contribution in [0.4, 0.5) is 5.69 Å². The lowest BCUT2D eigenvalue weighted by atomic mass is 10.2. The lowest BCUT2D eigenvalue weighted by Crippen LogP contribution is -2.06. The first-order chi connectivity index (χ1) is 6.76. The predicted molar refractivity (Wildman–Crippen MR) is 59.5 cm³/mol. The van der Waals surface area contributed by atoms with E-state index in [1.165, 1.54) is 0 Å². The van der Waals surface area contributed by atoms with Gasteiger partial charge in [0.2, 0.25) is 0 Å². The van der Waals surface area contributed by atoms with Gasteiger partial charge in [0.25, 0.3) is 0 Å². The molecular weight excluding hydrogens is 194 g/mol. The Morgan fingerprint density at radius 2 is 2.21 bits per heavy atom. The van der Waals surface area contributed by atoms with E-state index in [4.69, 9.17) is 0 Å². The van der Waals surface area contributed by atoms with Gasteiger partial charge in [0.05, 0.1) is 10.7 Å². The van der Waals surface area contributed by atoms with E-state index in [2.05, 4.69) is 13.2 Å². The molecule has 2 rings (SSSR count). The molecule has 1 aliphatic rings. The number of anilines is 1. The molecule has 2 nitrogen and oxygen atoms in total. The van der Waals surface area contributed by atoms with Gasteiger partial charge in [-0.2, -0.15) is 0 Å². The summed E-state index contributed by atoms with van der Waals surface area (Å²) < 4.78 is 0. The van der Waals surface area contributed by atoms with Gasteiger partial charge in [0, 0.05) is 16.7 Å². The number of carbonyl (C=O) groups is 1. The number of rotatable bonds is 2. The fourth-order valence-electron chi connectivity index (χ4n) is 1.40. The molecule has 1 aromatic carbocycles. The molecule has 0 bridgehead atoms. The molecule has 0 saturated heterocycles. The maximum atomic E-state index is 10.6. The number of benzene rings is 1. The summed E-state index contributed by atoms with van der Waals surface area (Å²) in [4.78, 5) is 13.5. The molecule has 0 saturated carbocycles. The summed E-state index contributed by atoms with van der Waals surface area (Å²) in [6, 6.07) is 5.56. The molecule has 3 heteroatoms. The van der Waals surface area contributed by atoms with Crippen LogP contribution in [0.5, 0.6) is 0 Å². The molecule has 14 heavy (non-hydrogen) atoms. The highest BCUT2D eigenvalue weighted by molar-refractivity contribution is 8.03. The zero-order valence-electron chi connectivity index (χ0n) is 7.56. The monoisotopic (exact) mass is 203 g/mol. The van der Waals surface area contributed by atoms with Gasteiger partial charge >= 0.3 is 0 Å². The van der Waals surface area contributed by atoms with E-state index in [9.17, 15) is 4.79 Å². The lowest BCUT2D eigenvalue weighted by Gasteiger charge is -2.12. The Morgan fingerprint density at radius 1 is 1.43 bits per heavy atom. The molecule has 1 heterocycles. The summed E-state index contributed by atoms with van der Waals surface area (Å²) >= 11 is 1.55. The van der Waals surface area contributed by atoms with Crippen molar-refractivity contribution in [3.8, 4) is 0 Å². The minimum absolute atomic E-state index is 0.690. The Balaban J connectivity index is 2.52. The first kappa shape index (κ1) is 9.09. The van der Waals surface area contributed by atoms with Crippen molar-refractivity contribution in [3.63, 3.8) is 0 Å². The minimum Gasteiger partial charge on any atom is -0.311 e. The molecule has 70 valence electrons. The van der Waals surface area contributed by atoms with E-state index in [1.807, 2.05) is 17.0 Å². The number of thioether (sulfide) groups is 1. The first-order valence-electron chi connectivity index (χ1n) is 4.14. The normalized spacial score (nSPS) is 14.0. The summed E-state index contributed by atoms with van der Waals surface area (Å²) in [7, 11) is 0. The number of hydrogen-bond donors (Lipinski definition) is 0. The summed E-state index contributed by atoms with van der Waals surface area (Å²) in [5, 5.41) is 0.915. The Kier molecular flexibility index (Phi) is 2.17. The molecule has 1 aliphatic heterocycles. The molecule has 0 atom stereocenters. The maximum absolute atomic E-state index is 10.6. The second-order valence-electron chi connectivity index (χ2n) is 2.89. The van der Waals surface area contributed by atoms with Gasteiger partial charge in [-0.25, -0.2) is 0 Å². The average Bonchev–Trinajstić information content (AvgIpc) is 2.51. The SMILES string of the molecule is C=CN1C(=C)Sc2cc(C=O)ccc21. The average molecular weight is 203 g/mol. The Bertz CT molecular complexity index is 425. The fraction of sp³-hybridized carbons (Fsp3) is 0. The van der Waals surface area contributed by atoms with Gasteiger partial charge in [-0.05, 0) is 18.2 Å². The lowest BCUT2D eigenvalue weighted by molar-refractivity contribution is 0.112. The Labute approximate surface area is 86.9 Å². The van der Waals surface area contributed by atoms with Crippen LogP contribution in [0.15, 0.2) is 47.5 Å². The minimum atomic E-state index is 0.690. The summed E-state index contributed by atoms with van der Waals surface area (Å²) in [5.41, 5.74) is 1.73. The topological polar surface area (TPSA) is 20.3 Å². The Hall–Kier alpha value is -1.48. The molecule has 1 aromatic rings. The number of aldehydes is 1. The molecular formula is C11H9NOS. The quantitative estimate of drug-likeness (QED) is 0.689. The van der Waals surface area contributed by atoms with Crippen LogP contribution < -0.4 is 4.90 Å². The molecule has 0 aromatic heterocycles. The third-order valence-corrected chi connectivity index (χ3v) is 3.04. The van der Waals surface area contributed by atoms with Crippen LogP contribution in [0, 0.1) is 0 Å². The van der Waals surface area contributed by atoms with Gasteiger partial charge in [-0.1, -0.05) is 24.9 Å². The third kappa shape index (κ3) is 1.26. The van der Waals surface area contributed by atoms with Crippen molar-refractivity contribution < 1.29 is 4.79 Å². The van der Waals surface area contributed by atoms with Crippen molar-refractivity contribution in [1.82, 2.24) is 0 Å². The zero-order chi connectivity index (χ0) is 10.1. The molecule has 0 unspecified atom stereocenters. The van der Waals surface area contributed by atoms with Gasteiger partial charge in [-0.15, -0.1) is 0 Å². The van der Waals surface area contributed by atoms with Crippen LogP contribution in [-0.4, -0.2) is 6.29 Å². The van der Waals surface area contributed by atoms with Crippen molar-refractivity contribution in [2.75, 3.05) is 4.90 Å². The molecule has 0 N–H and O–H groups in total. The van der Waals surface area contributed by atoms with Crippen LogP contribution in [0.2, 0.25) is 0 Å². The molecule has 0 fully saturated rings. The molecule has 0 spiro atoms. The maximum Gasteiger partial charge on any atom is 0.150 e. The summed E-state index contributed by atoms with van der Waals surface area (Å²) in [6.07, 6.45) is 2.57. The van der Waals surface area contributed by atoms with Gasteiger partial charge < -0.3 is 4.90 Å². The second kappa shape index (κ2) is 3.35. The van der Waals surface area contributed by atoms with E-state index in [1.54, 1.807) is 24.0 Å². The van der Waals surface area contributed by atoms with Crippen LogP contribution >= 0.6 is 11.8 Å². The van der Waals surface area contributed by atoms with E-state index >= 15 is 0 Å². The fourth-order valence-corrected chi connectivity index (χ4v) is 2.39. The number of carbonyl (C=O) groups excluding carboxylic acids is 1. The van der Waals surface area contributed by atoms with Crippen LogP contribution in [0.3, 0.4) is 0 Å². The van der Waals surface area contributed by atoms with E-state index < -0.39 is 0 Å². The molecule has 0 aliphatic carbocycles. The van der Waals surface area contributed by atoms with Crippen molar-refractivity contribution in [3.05, 3.63) is 48.1 Å². The third-order valence-electron chi connectivity index (χ3n) is 2.06. The highest BCUT2D eigenvalue weighted by atomic mass is 32.2. The van der Waals surface area contributed by atoms with E-state index in [0.29, 0.717) is 5.56 Å². The summed E-state index contributed by atoms with van der Waals surface area (Å²) in [5.74, 6) is 0. The second-order valence-corrected chi connectivity index (χ2v) is 4.01. The number of hydrogen-bond acceptors (Lipinski definition) is 3. The van der Waals surface area contributed by atoms with Gasteiger partial charge in [-0.3, -0.25) is 4.79 Å². The van der Waals surface area contributed by atoms with Crippen molar-refractivity contribution >= 4 is 23.7 Å². The molecule has 0 radical (unpaired) electrons. The van der Waals surface area contributed by atoms with E-state index in [0.717, 1.165) is 21.9 Å². The Morgan fingerprint density at radius 3 is 2.86 bits per heavy atom. The van der Waals surface area contributed by atoms with Crippen LogP contribution in [0.25, 0.3) is 0 Å². The van der Waals surface area contributed by atoms with Gasteiger partial charge in [0.15, 0.2) is 0 Å². The highest BCUT2D eigenvalue weighted by Gasteiger charge is 2.21. The predicted octanol–water partition coefficient (Wildman–Crippen LogP) is 3.03. The standard InChI is InChI=1S/C11H9NOS/c1-3-12-8(2)14-11-6-9(7-13)4-5-10(11)12/h3-7H,1-2H2. The van der Waals surface area contributed by atoms with Gasteiger partial charge in [0.1, 0.15) is 6.29 Å². The smallest absolute Gasteiger partial charge is 0.150 e.